The van der Waals surface area contributed by atoms with Crippen LogP contribution in [0.4, 0.5) is 0 Å². The highest BCUT2D eigenvalue weighted by atomic mass is 16.5. The molecule has 0 heterocycles. The number of hydrogen-bond acceptors (Lipinski definition) is 4. The van der Waals surface area contributed by atoms with Crippen LogP contribution in [-0.2, 0) is 15.0 Å². The van der Waals surface area contributed by atoms with E-state index in [-0.39, 0.29) is 0 Å². The van der Waals surface area contributed by atoms with E-state index >= 15 is 0 Å². The number of benzene rings is 1. The Labute approximate surface area is 121 Å². The zero-order chi connectivity index (χ0) is 14.7. The van der Waals surface area contributed by atoms with E-state index in [1.807, 2.05) is 44.2 Å². The van der Waals surface area contributed by atoms with Gasteiger partial charge in [0.15, 0.2) is 0 Å². The lowest BCUT2D eigenvalue weighted by molar-refractivity contribution is 0.0461. The molecule has 0 radical (unpaired) electrons. The third-order valence-corrected chi connectivity index (χ3v) is 3.13. The van der Waals surface area contributed by atoms with Crippen molar-refractivity contribution in [1.29, 1.82) is 5.26 Å². The average molecular weight is 276 g/mol. The molecule has 4 nitrogen and oxygen atoms in total. The summed E-state index contributed by atoms with van der Waals surface area (Å²) in [4.78, 5) is 0. The average Bonchev–Trinajstić information content (AvgIpc) is 2.50. The largest absolute Gasteiger partial charge is 0.379 e. The molecular weight excluding hydrogens is 252 g/mol. The van der Waals surface area contributed by atoms with Gasteiger partial charge in [-0.05, 0) is 19.0 Å². The van der Waals surface area contributed by atoms with Gasteiger partial charge in [-0.15, -0.1) is 0 Å². The van der Waals surface area contributed by atoms with Gasteiger partial charge in [0, 0.05) is 19.6 Å². The molecule has 1 unspecified atom stereocenters. The quantitative estimate of drug-likeness (QED) is 0.667. The van der Waals surface area contributed by atoms with Gasteiger partial charge in [-0.25, -0.2) is 0 Å². The van der Waals surface area contributed by atoms with Crippen LogP contribution in [0.2, 0.25) is 0 Å². The minimum Gasteiger partial charge on any atom is -0.379 e. The van der Waals surface area contributed by atoms with Crippen LogP contribution in [0.5, 0.6) is 0 Å². The van der Waals surface area contributed by atoms with E-state index in [0.717, 1.165) is 12.1 Å². The molecule has 0 aliphatic rings. The standard InChI is InChI=1S/C16H24N2O2/c1-3-18-16(14-17,15-8-6-5-7-9-15)10-11-20-13-12-19-4-2/h5-9,18H,3-4,10-13H2,1-2H3. The zero-order valence-corrected chi connectivity index (χ0v) is 12.4. The van der Waals surface area contributed by atoms with E-state index in [2.05, 4.69) is 11.4 Å². The van der Waals surface area contributed by atoms with Crippen molar-refractivity contribution in [3.63, 3.8) is 0 Å². The van der Waals surface area contributed by atoms with Crippen molar-refractivity contribution < 1.29 is 9.47 Å². The summed E-state index contributed by atoms with van der Waals surface area (Å²) >= 11 is 0. The second-order valence-electron chi connectivity index (χ2n) is 4.47. The van der Waals surface area contributed by atoms with Crippen LogP contribution >= 0.6 is 0 Å². The van der Waals surface area contributed by atoms with E-state index in [1.54, 1.807) is 0 Å². The van der Waals surface area contributed by atoms with Crippen LogP contribution in [0.3, 0.4) is 0 Å². The van der Waals surface area contributed by atoms with Crippen molar-refractivity contribution in [1.82, 2.24) is 5.32 Å². The Kier molecular flexibility index (Phi) is 7.89. The van der Waals surface area contributed by atoms with Gasteiger partial charge < -0.3 is 9.47 Å². The topological polar surface area (TPSA) is 54.3 Å². The van der Waals surface area contributed by atoms with Crippen LogP contribution in [0.1, 0.15) is 25.8 Å². The predicted octanol–water partition coefficient (Wildman–Crippen LogP) is 2.46. The molecule has 0 spiro atoms. The van der Waals surface area contributed by atoms with Crippen molar-refractivity contribution in [2.24, 2.45) is 0 Å². The molecular formula is C16H24N2O2. The number of ether oxygens (including phenoxy) is 2. The van der Waals surface area contributed by atoms with Crippen LogP contribution < -0.4 is 5.32 Å². The van der Waals surface area contributed by atoms with E-state index in [4.69, 9.17) is 9.47 Å². The SMILES string of the molecule is CCNC(C#N)(CCOCCOCC)c1ccccc1. The minimum absolute atomic E-state index is 0.530. The Hall–Kier alpha value is -1.41. The van der Waals surface area contributed by atoms with Gasteiger partial charge in [0.25, 0.3) is 0 Å². The Balaban J connectivity index is 2.59. The van der Waals surface area contributed by atoms with Crippen LogP contribution in [0.15, 0.2) is 30.3 Å². The van der Waals surface area contributed by atoms with Crippen molar-refractivity contribution in [3.8, 4) is 6.07 Å². The third-order valence-electron chi connectivity index (χ3n) is 3.13. The molecule has 1 aromatic rings. The highest BCUT2D eigenvalue weighted by Gasteiger charge is 2.30. The van der Waals surface area contributed by atoms with Crippen molar-refractivity contribution in [2.75, 3.05) is 33.0 Å². The Bertz CT molecular complexity index is 403. The minimum atomic E-state index is -0.679. The molecule has 0 saturated carbocycles. The highest BCUT2D eigenvalue weighted by Crippen LogP contribution is 2.24. The molecule has 20 heavy (non-hydrogen) atoms. The van der Waals surface area contributed by atoms with Gasteiger partial charge in [-0.2, -0.15) is 5.26 Å². The summed E-state index contributed by atoms with van der Waals surface area (Å²) < 4.78 is 10.8. The molecule has 110 valence electrons. The number of hydrogen-bond donors (Lipinski definition) is 1. The first-order valence-corrected chi connectivity index (χ1v) is 7.16. The maximum absolute atomic E-state index is 9.61. The first-order chi connectivity index (χ1) is 9.79. The normalized spacial score (nSPS) is 13.7. The third kappa shape index (κ3) is 4.93. The Morgan fingerprint density at radius 2 is 1.80 bits per heavy atom. The predicted molar refractivity (Wildman–Crippen MR) is 79.3 cm³/mol. The molecule has 1 N–H and O–H groups in total. The molecule has 0 amide bonds. The number of nitriles is 1. The second kappa shape index (κ2) is 9.49. The molecule has 0 fully saturated rings. The molecule has 1 rings (SSSR count). The summed E-state index contributed by atoms with van der Waals surface area (Å²) in [5.41, 5.74) is 0.305. The molecule has 0 bridgehead atoms. The van der Waals surface area contributed by atoms with Gasteiger partial charge in [0.2, 0.25) is 0 Å². The smallest absolute Gasteiger partial charge is 0.134 e. The summed E-state index contributed by atoms with van der Waals surface area (Å²) in [7, 11) is 0. The summed E-state index contributed by atoms with van der Waals surface area (Å²) in [5.74, 6) is 0. The fraction of sp³-hybridized carbons (Fsp3) is 0.562. The van der Waals surface area contributed by atoms with Crippen molar-refractivity contribution >= 4 is 0 Å². The lowest BCUT2D eigenvalue weighted by Crippen LogP contribution is -2.42. The van der Waals surface area contributed by atoms with Crippen LogP contribution in [0.25, 0.3) is 0 Å². The van der Waals surface area contributed by atoms with E-state index in [0.29, 0.717) is 32.8 Å². The van der Waals surface area contributed by atoms with Gasteiger partial charge >= 0.3 is 0 Å². The Morgan fingerprint density at radius 3 is 2.40 bits per heavy atom. The Morgan fingerprint density at radius 1 is 1.10 bits per heavy atom. The maximum Gasteiger partial charge on any atom is 0.134 e. The molecule has 0 aliphatic heterocycles. The van der Waals surface area contributed by atoms with Gasteiger partial charge in [-0.3, -0.25) is 5.32 Å². The number of nitrogens with zero attached hydrogens (tertiary/aromatic N) is 1. The van der Waals surface area contributed by atoms with Gasteiger partial charge in [0.05, 0.1) is 19.3 Å². The number of rotatable bonds is 10. The zero-order valence-electron chi connectivity index (χ0n) is 12.4. The summed E-state index contributed by atoms with van der Waals surface area (Å²) in [6, 6.07) is 12.2. The summed E-state index contributed by atoms with van der Waals surface area (Å²) in [5, 5.41) is 12.9. The monoisotopic (exact) mass is 276 g/mol. The lowest BCUT2D eigenvalue weighted by atomic mass is 9.88. The molecule has 0 aromatic heterocycles. The van der Waals surface area contributed by atoms with Gasteiger partial charge in [-0.1, -0.05) is 37.3 Å². The highest BCUT2D eigenvalue weighted by molar-refractivity contribution is 5.31. The first-order valence-electron chi connectivity index (χ1n) is 7.16. The van der Waals surface area contributed by atoms with E-state index < -0.39 is 5.54 Å². The molecule has 4 heteroatoms. The fourth-order valence-electron chi connectivity index (χ4n) is 2.11. The molecule has 1 aromatic carbocycles. The second-order valence-corrected chi connectivity index (χ2v) is 4.47. The molecule has 0 aliphatic carbocycles. The summed E-state index contributed by atoms with van der Waals surface area (Å²) in [6.07, 6.45) is 0.619. The molecule has 1 atom stereocenters. The van der Waals surface area contributed by atoms with Crippen molar-refractivity contribution in [2.45, 2.75) is 25.8 Å². The molecule has 0 saturated heterocycles. The van der Waals surface area contributed by atoms with Crippen molar-refractivity contribution in [3.05, 3.63) is 35.9 Å². The van der Waals surface area contributed by atoms with Crippen LogP contribution in [0, 0.1) is 11.3 Å². The maximum atomic E-state index is 9.61. The summed E-state index contributed by atoms with van der Waals surface area (Å²) in [6.45, 7) is 7.10. The fourth-order valence-corrected chi connectivity index (χ4v) is 2.11. The van der Waals surface area contributed by atoms with Crippen LogP contribution in [-0.4, -0.2) is 33.0 Å². The van der Waals surface area contributed by atoms with E-state index in [9.17, 15) is 5.26 Å². The number of nitrogens with one attached hydrogen (secondary N) is 1. The van der Waals surface area contributed by atoms with Gasteiger partial charge in [0.1, 0.15) is 5.54 Å². The first kappa shape index (κ1) is 16.6. The lowest BCUT2D eigenvalue weighted by Gasteiger charge is -2.28. The van der Waals surface area contributed by atoms with E-state index in [1.165, 1.54) is 0 Å².